The number of aryl methyl sites for hydroxylation is 2. The highest BCUT2D eigenvalue weighted by Crippen LogP contribution is 2.21. The Morgan fingerprint density at radius 2 is 2.10 bits per heavy atom. The average molecular weight is 297 g/mol. The number of amides is 1. The molecule has 0 aliphatic rings. The molecule has 0 fully saturated rings. The van der Waals surface area contributed by atoms with Crippen molar-refractivity contribution >= 4 is 5.91 Å². The maximum absolute atomic E-state index is 12.0. The summed E-state index contributed by atoms with van der Waals surface area (Å²) >= 11 is 0. The second kappa shape index (κ2) is 8.12. The standard InChI is InChI=1S/C15H27N3O3/c1-5-6-12-17-14(21-18-12)8-7-13(20)16-11(9-10-19)15(2,3)4/h11,19H,5-10H2,1-4H3,(H,16,20). The molecular formula is C15H27N3O3. The third kappa shape index (κ3) is 6.25. The molecule has 0 bridgehead atoms. The van der Waals surface area contributed by atoms with Crippen molar-refractivity contribution in [3.05, 3.63) is 11.7 Å². The van der Waals surface area contributed by atoms with E-state index in [2.05, 4.69) is 22.4 Å². The molecule has 21 heavy (non-hydrogen) atoms. The molecule has 6 heteroatoms. The largest absolute Gasteiger partial charge is 0.396 e. The maximum atomic E-state index is 12.0. The van der Waals surface area contributed by atoms with Crippen LogP contribution in [-0.2, 0) is 17.6 Å². The second-order valence-corrected chi connectivity index (χ2v) is 6.35. The molecule has 0 aliphatic heterocycles. The molecule has 1 aromatic rings. The Morgan fingerprint density at radius 1 is 1.38 bits per heavy atom. The number of carbonyl (C=O) groups excluding carboxylic acids is 1. The van der Waals surface area contributed by atoms with E-state index in [0.29, 0.717) is 31.0 Å². The molecule has 1 rings (SSSR count). The highest BCUT2D eigenvalue weighted by atomic mass is 16.5. The van der Waals surface area contributed by atoms with E-state index in [4.69, 9.17) is 9.63 Å². The summed E-state index contributed by atoms with van der Waals surface area (Å²) in [7, 11) is 0. The van der Waals surface area contributed by atoms with E-state index in [1.54, 1.807) is 0 Å². The summed E-state index contributed by atoms with van der Waals surface area (Å²) in [6, 6.07) is -0.0478. The number of aromatic nitrogens is 2. The predicted molar refractivity (Wildman–Crippen MR) is 79.7 cm³/mol. The molecule has 1 amide bonds. The molecule has 6 nitrogen and oxygen atoms in total. The summed E-state index contributed by atoms with van der Waals surface area (Å²) in [4.78, 5) is 16.2. The Morgan fingerprint density at radius 3 is 2.67 bits per heavy atom. The van der Waals surface area contributed by atoms with Crippen molar-refractivity contribution in [2.75, 3.05) is 6.61 Å². The fourth-order valence-electron chi connectivity index (χ4n) is 2.05. The van der Waals surface area contributed by atoms with Crippen molar-refractivity contribution < 1.29 is 14.4 Å². The highest BCUT2D eigenvalue weighted by molar-refractivity contribution is 5.76. The van der Waals surface area contributed by atoms with Gasteiger partial charge >= 0.3 is 0 Å². The Balaban J connectivity index is 2.44. The minimum atomic E-state index is -0.0861. The Bertz CT molecular complexity index is 438. The van der Waals surface area contributed by atoms with Crippen LogP contribution in [0.1, 0.15) is 58.7 Å². The minimum absolute atomic E-state index is 0.0478. The van der Waals surface area contributed by atoms with Crippen LogP contribution in [0.15, 0.2) is 4.52 Å². The molecule has 0 aliphatic carbocycles. The van der Waals surface area contributed by atoms with Crippen molar-refractivity contribution in [1.82, 2.24) is 15.5 Å². The molecular weight excluding hydrogens is 270 g/mol. The molecule has 2 N–H and O–H groups in total. The van der Waals surface area contributed by atoms with E-state index in [9.17, 15) is 4.79 Å². The summed E-state index contributed by atoms with van der Waals surface area (Å²) in [5.74, 6) is 1.14. The van der Waals surface area contributed by atoms with E-state index >= 15 is 0 Å². The highest BCUT2D eigenvalue weighted by Gasteiger charge is 2.25. The van der Waals surface area contributed by atoms with Crippen LogP contribution in [0.3, 0.4) is 0 Å². The lowest BCUT2D eigenvalue weighted by molar-refractivity contribution is -0.122. The third-order valence-corrected chi connectivity index (χ3v) is 3.35. The summed E-state index contributed by atoms with van der Waals surface area (Å²) in [6.45, 7) is 8.25. The number of nitrogens with zero attached hydrogens (tertiary/aromatic N) is 2. The van der Waals surface area contributed by atoms with Crippen LogP contribution < -0.4 is 5.32 Å². The summed E-state index contributed by atoms with van der Waals surface area (Å²) < 4.78 is 5.11. The fraction of sp³-hybridized carbons (Fsp3) is 0.800. The van der Waals surface area contributed by atoms with E-state index < -0.39 is 0 Å². The van der Waals surface area contributed by atoms with E-state index in [1.165, 1.54) is 0 Å². The number of aliphatic hydroxyl groups is 1. The van der Waals surface area contributed by atoms with Gasteiger partial charge in [-0.15, -0.1) is 0 Å². The van der Waals surface area contributed by atoms with Crippen molar-refractivity contribution in [2.45, 2.75) is 65.8 Å². The number of hydrogen-bond donors (Lipinski definition) is 2. The molecule has 0 aromatic carbocycles. The molecule has 1 heterocycles. The number of hydrogen-bond acceptors (Lipinski definition) is 5. The van der Waals surface area contributed by atoms with Crippen LogP contribution in [0.25, 0.3) is 0 Å². The van der Waals surface area contributed by atoms with Gasteiger partial charge < -0.3 is 14.9 Å². The summed E-state index contributed by atoms with van der Waals surface area (Å²) in [6.07, 6.45) is 3.06. The van der Waals surface area contributed by atoms with Crippen molar-refractivity contribution in [1.29, 1.82) is 0 Å². The minimum Gasteiger partial charge on any atom is -0.396 e. The molecule has 1 aromatic heterocycles. The molecule has 0 saturated carbocycles. The molecule has 0 saturated heterocycles. The van der Waals surface area contributed by atoms with Gasteiger partial charge in [0, 0.05) is 31.9 Å². The predicted octanol–water partition coefficient (Wildman–Crippen LogP) is 1.87. The monoisotopic (exact) mass is 297 g/mol. The number of rotatable bonds is 8. The van der Waals surface area contributed by atoms with Crippen LogP contribution in [-0.4, -0.2) is 33.8 Å². The zero-order valence-corrected chi connectivity index (χ0v) is 13.5. The van der Waals surface area contributed by atoms with E-state index in [-0.39, 0.29) is 24.0 Å². The first-order valence-corrected chi connectivity index (χ1v) is 7.58. The topological polar surface area (TPSA) is 88.2 Å². The fourth-order valence-corrected chi connectivity index (χ4v) is 2.05. The molecule has 1 atom stereocenters. The molecule has 0 spiro atoms. The van der Waals surface area contributed by atoms with Crippen LogP contribution >= 0.6 is 0 Å². The van der Waals surface area contributed by atoms with E-state index in [0.717, 1.165) is 12.8 Å². The Labute approximate surface area is 126 Å². The molecule has 1 unspecified atom stereocenters. The lowest BCUT2D eigenvalue weighted by Gasteiger charge is -2.31. The first-order chi connectivity index (χ1) is 9.86. The first kappa shape index (κ1) is 17.6. The van der Waals surface area contributed by atoms with Crippen LogP contribution in [0.2, 0.25) is 0 Å². The lowest BCUT2D eigenvalue weighted by atomic mass is 9.85. The van der Waals surface area contributed by atoms with E-state index in [1.807, 2.05) is 20.8 Å². The van der Waals surface area contributed by atoms with Crippen molar-refractivity contribution in [2.24, 2.45) is 5.41 Å². The Kier molecular flexibility index (Phi) is 6.81. The average Bonchev–Trinajstić information content (AvgIpc) is 2.83. The van der Waals surface area contributed by atoms with Gasteiger partial charge in [0.1, 0.15) is 0 Å². The van der Waals surface area contributed by atoms with Crippen LogP contribution in [0.5, 0.6) is 0 Å². The molecule has 0 radical (unpaired) electrons. The summed E-state index contributed by atoms with van der Waals surface area (Å²) in [5, 5.41) is 15.9. The molecule has 120 valence electrons. The smallest absolute Gasteiger partial charge is 0.227 e. The van der Waals surface area contributed by atoms with Gasteiger partial charge in [-0.1, -0.05) is 32.9 Å². The number of carbonyl (C=O) groups is 1. The van der Waals surface area contributed by atoms with Crippen molar-refractivity contribution in [3.63, 3.8) is 0 Å². The normalized spacial score (nSPS) is 13.2. The SMILES string of the molecule is CCCc1noc(CCC(=O)NC(CCO)C(C)(C)C)n1. The van der Waals surface area contributed by atoms with Crippen LogP contribution in [0.4, 0.5) is 0 Å². The quantitative estimate of drug-likeness (QED) is 0.764. The van der Waals surface area contributed by atoms with Gasteiger partial charge in [0.15, 0.2) is 5.82 Å². The summed E-state index contributed by atoms with van der Waals surface area (Å²) in [5.41, 5.74) is -0.0861. The van der Waals surface area contributed by atoms with Gasteiger partial charge in [0.2, 0.25) is 11.8 Å². The second-order valence-electron chi connectivity index (χ2n) is 6.35. The van der Waals surface area contributed by atoms with Crippen LogP contribution in [0, 0.1) is 5.41 Å². The van der Waals surface area contributed by atoms with Gasteiger partial charge in [0.05, 0.1) is 0 Å². The van der Waals surface area contributed by atoms with Gasteiger partial charge in [-0.3, -0.25) is 4.79 Å². The van der Waals surface area contributed by atoms with Gasteiger partial charge in [-0.2, -0.15) is 4.98 Å². The lowest BCUT2D eigenvalue weighted by Crippen LogP contribution is -2.44. The van der Waals surface area contributed by atoms with Crippen molar-refractivity contribution in [3.8, 4) is 0 Å². The van der Waals surface area contributed by atoms with Gasteiger partial charge in [0.25, 0.3) is 0 Å². The number of nitrogens with one attached hydrogen (secondary N) is 1. The third-order valence-electron chi connectivity index (χ3n) is 3.35. The van der Waals surface area contributed by atoms with Gasteiger partial charge in [-0.05, 0) is 18.3 Å². The number of aliphatic hydroxyl groups excluding tert-OH is 1. The zero-order chi connectivity index (χ0) is 15.9. The maximum Gasteiger partial charge on any atom is 0.227 e. The zero-order valence-electron chi connectivity index (χ0n) is 13.5. The Hall–Kier alpha value is -1.43. The van der Waals surface area contributed by atoms with Gasteiger partial charge in [-0.25, -0.2) is 0 Å². The first-order valence-electron chi connectivity index (χ1n) is 7.58.